The lowest BCUT2D eigenvalue weighted by atomic mass is 10.1. The van der Waals surface area contributed by atoms with Crippen molar-refractivity contribution in [3.05, 3.63) is 45.8 Å². The van der Waals surface area contributed by atoms with Crippen molar-refractivity contribution >= 4 is 23.1 Å². The van der Waals surface area contributed by atoms with Crippen molar-refractivity contribution in [1.29, 1.82) is 0 Å². The summed E-state index contributed by atoms with van der Waals surface area (Å²) in [4.78, 5) is 16.3. The summed E-state index contributed by atoms with van der Waals surface area (Å²) in [6.45, 7) is 4.68. The largest absolute Gasteiger partial charge is 0.384 e. The van der Waals surface area contributed by atoms with Crippen LogP contribution < -0.4 is 11.1 Å². The Bertz CT molecular complexity index is 579. The summed E-state index contributed by atoms with van der Waals surface area (Å²) < 4.78 is 0. The van der Waals surface area contributed by atoms with Crippen molar-refractivity contribution in [2.45, 2.75) is 26.2 Å². The number of thiophene rings is 1. The highest BCUT2D eigenvalue weighted by molar-refractivity contribution is 7.07. The fraction of sp³-hybridized carbons (Fsp3) is 0.333. The summed E-state index contributed by atoms with van der Waals surface area (Å²) in [5, 5.41) is 7.04. The molecule has 4 nitrogen and oxygen atoms in total. The third-order valence-electron chi connectivity index (χ3n) is 3.00. The number of pyridine rings is 1. The van der Waals surface area contributed by atoms with Gasteiger partial charge in [-0.05, 0) is 46.9 Å². The molecule has 106 valence electrons. The predicted molar refractivity (Wildman–Crippen MR) is 83.1 cm³/mol. The molecule has 2 aromatic rings. The average molecular weight is 289 g/mol. The molecule has 3 N–H and O–H groups in total. The molecule has 0 unspecified atom stereocenters. The molecule has 20 heavy (non-hydrogen) atoms. The topological polar surface area (TPSA) is 68.0 Å². The van der Waals surface area contributed by atoms with E-state index < -0.39 is 0 Å². The SMILES string of the molecule is CC(C)c1cc(C(=O)NCCc2ccsc2)cc(N)n1. The number of hydrogen-bond donors (Lipinski definition) is 2. The molecule has 0 aliphatic heterocycles. The van der Waals surface area contributed by atoms with Crippen LogP contribution in [0.2, 0.25) is 0 Å². The van der Waals surface area contributed by atoms with Gasteiger partial charge in [0.15, 0.2) is 0 Å². The van der Waals surface area contributed by atoms with Gasteiger partial charge in [-0.15, -0.1) is 0 Å². The number of nitrogens with zero attached hydrogens (tertiary/aromatic N) is 1. The molecule has 2 rings (SSSR count). The van der Waals surface area contributed by atoms with Gasteiger partial charge in [-0.25, -0.2) is 4.98 Å². The highest BCUT2D eigenvalue weighted by Crippen LogP contribution is 2.16. The third kappa shape index (κ3) is 3.81. The monoisotopic (exact) mass is 289 g/mol. The van der Waals surface area contributed by atoms with Crippen molar-refractivity contribution in [3.8, 4) is 0 Å². The molecule has 5 heteroatoms. The second-order valence-corrected chi connectivity index (χ2v) is 5.78. The molecule has 0 saturated heterocycles. The maximum absolute atomic E-state index is 12.1. The number of anilines is 1. The molecular weight excluding hydrogens is 270 g/mol. The zero-order valence-electron chi connectivity index (χ0n) is 11.7. The lowest BCUT2D eigenvalue weighted by Crippen LogP contribution is -2.26. The predicted octanol–water partition coefficient (Wildman–Crippen LogP) is 2.82. The summed E-state index contributed by atoms with van der Waals surface area (Å²) in [6, 6.07) is 5.49. The molecule has 1 amide bonds. The van der Waals surface area contributed by atoms with Gasteiger partial charge in [0.05, 0.1) is 0 Å². The van der Waals surface area contributed by atoms with Gasteiger partial charge in [0.1, 0.15) is 5.82 Å². The second-order valence-electron chi connectivity index (χ2n) is 5.00. The van der Waals surface area contributed by atoms with Gasteiger partial charge in [-0.1, -0.05) is 13.8 Å². The smallest absolute Gasteiger partial charge is 0.251 e. The van der Waals surface area contributed by atoms with Gasteiger partial charge in [0, 0.05) is 17.8 Å². The van der Waals surface area contributed by atoms with Crippen molar-refractivity contribution < 1.29 is 4.79 Å². The van der Waals surface area contributed by atoms with Gasteiger partial charge in [0.2, 0.25) is 0 Å². The first-order valence-electron chi connectivity index (χ1n) is 6.63. The normalized spacial score (nSPS) is 10.8. The molecule has 0 atom stereocenters. The maximum Gasteiger partial charge on any atom is 0.251 e. The van der Waals surface area contributed by atoms with E-state index in [-0.39, 0.29) is 11.8 Å². The molecule has 0 radical (unpaired) electrons. The van der Waals surface area contributed by atoms with E-state index in [2.05, 4.69) is 21.7 Å². The Labute approximate surface area is 123 Å². The fourth-order valence-electron chi connectivity index (χ4n) is 1.86. The van der Waals surface area contributed by atoms with E-state index in [0.29, 0.717) is 17.9 Å². The van der Waals surface area contributed by atoms with E-state index in [1.165, 1.54) is 5.56 Å². The Hall–Kier alpha value is -1.88. The molecule has 0 fully saturated rings. The Morgan fingerprint density at radius 3 is 2.90 bits per heavy atom. The Morgan fingerprint density at radius 1 is 1.45 bits per heavy atom. The fourth-order valence-corrected chi connectivity index (χ4v) is 2.56. The molecule has 2 aromatic heterocycles. The summed E-state index contributed by atoms with van der Waals surface area (Å²) >= 11 is 1.66. The Morgan fingerprint density at radius 2 is 2.25 bits per heavy atom. The van der Waals surface area contributed by atoms with Gasteiger partial charge >= 0.3 is 0 Å². The number of carbonyl (C=O) groups is 1. The van der Waals surface area contributed by atoms with E-state index in [1.807, 2.05) is 19.2 Å². The summed E-state index contributed by atoms with van der Waals surface area (Å²) in [6.07, 6.45) is 0.840. The first-order valence-corrected chi connectivity index (χ1v) is 7.57. The highest BCUT2D eigenvalue weighted by atomic mass is 32.1. The van der Waals surface area contributed by atoms with Crippen LogP contribution in [0.5, 0.6) is 0 Å². The number of nitrogens with one attached hydrogen (secondary N) is 1. The van der Waals surface area contributed by atoms with Crippen LogP contribution in [-0.4, -0.2) is 17.4 Å². The molecule has 2 heterocycles. The lowest BCUT2D eigenvalue weighted by molar-refractivity contribution is 0.0954. The van der Waals surface area contributed by atoms with Crippen molar-refractivity contribution in [2.75, 3.05) is 12.3 Å². The lowest BCUT2D eigenvalue weighted by Gasteiger charge is -2.09. The number of nitrogen functional groups attached to an aromatic ring is 1. The van der Waals surface area contributed by atoms with Crippen molar-refractivity contribution in [1.82, 2.24) is 10.3 Å². The number of rotatable bonds is 5. The highest BCUT2D eigenvalue weighted by Gasteiger charge is 2.10. The number of hydrogen-bond acceptors (Lipinski definition) is 4. The van der Waals surface area contributed by atoms with E-state index in [1.54, 1.807) is 23.5 Å². The first kappa shape index (κ1) is 14.5. The van der Waals surface area contributed by atoms with Crippen LogP contribution in [0, 0.1) is 0 Å². The van der Waals surface area contributed by atoms with Crippen LogP contribution in [-0.2, 0) is 6.42 Å². The molecule has 0 bridgehead atoms. The molecule has 0 aliphatic carbocycles. The van der Waals surface area contributed by atoms with Crippen LogP contribution in [0.3, 0.4) is 0 Å². The Balaban J connectivity index is 1.98. The number of amides is 1. The minimum atomic E-state index is -0.101. The number of aromatic nitrogens is 1. The van der Waals surface area contributed by atoms with E-state index in [9.17, 15) is 4.79 Å². The number of nitrogens with two attached hydrogens (primary N) is 1. The maximum atomic E-state index is 12.1. The molecule has 0 saturated carbocycles. The quantitative estimate of drug-likeness (QED) is 0.889. The molecule has 0 aromatic carbocycles. The summed E-state index contributed by atoms with van der Waals surface area (Å²) in [5.41, 5.74) is 8.41. The summed E-state index contributed by atoms with van der Waals surface area (Å²) in [5.74, 6) is 0.534. The van der Waals surface area contributed by atoms with Crippen LogP contribution in [0.15, 0.2) is 29.0 Å². The molecular formula is C15H19N3OS. The standard InChI is InChI=1S/C15H19N3OS/c1-10(2)13-7-12(8-14(16)18-13)15(19)17-5-3-11-4-6-20-9-11/h4,6-10H,3,5H2,1-2H3,(H2,16,18)(H,17,19). The van der Waals surface area contributed by atoms with Gasteiger partial charge in [-0.3, -0.25) is 4.79 Å². The number of carbonyl (C=O) groups excluding carboxylic acids is 1. The van der Waals surface area contributed by atoms with Crippen LogP contribution >= 0.6 is 11.3 Å². The van der Waals surface area contributed by atoms with Crippen LogP contribution in [0.25, 0.3) is 0 Å². The first-order chi connectivity index (χ1) is 9.56. The van der Waals surface area contributed by atoms with Gasteiger partial charge in [-0.2, -0.15) is 11.3 Å². The zero-order valence-corrected chi connectivity index (χ0v) is 12.5. The van der Waals surface area contributed by atoms with Crippen molar-refractivity contribution in [2.24, 2.45) is 0 Å². The van der Waals surface area contributed by atoms with E-state index in [4.69, 9.17) is 5.73 Å². The average Bonchev–Trinajstić information content (AvgIpc) is 2.91. The minimum Gasteiger partial charge on any atom is -0.384 e. The summed E-state index contributed by atoms with van der Waals surface area (Å²) in [7, 11) is 0. The zero-order chi connectivity index (χ0) is 14.5. The molecule has 0 spiro atoms. The van der Waals surface area contributed by atoms with Crippen LogP contribution in [0.4, 0.5) is 5.82 Å². The van der Waals surface area contributed by atoms with Gasteiger partial charge < -0.3 is 11.1 Å². The minimum absolute atomic E-state index is 0.101. The van der Waals surface area contributed by atoms with E-state index in [0.717, 1.165) is 12.1 Å². The van der Waals surface area contributed by atoms with E-state index >= 15 is 0 Å². The van der Waals surface area contributed by atoms with Crippen molar-refractivity contribution in [3.63, 3.8) is 0 Å². The van der Waals surface area contributed by atoms with Gasteiger partial charge in [0.25, 0.3) is 5.91 Å². The Kier molecular flexibility index (Phi) is 4.74. The third-order valence-corrected chi connectivity index (χ3v) is 3.73. The second kappa shape index (κ2) is 6.52. The molecule has 0 aliphatic rings. The van der Waals surface area contributed by atoms with Crippen LogP contribution in [0.1, 0.15) is 41.4 Å².